The number of benzene rings is 2. The molecule has 1 aliphatic heterocycles. The summed E-state index contributed by atoms with van der Waals surface area (Å²) in [5.41, 5.74) is 1.30. The van der Waals surface area contributed by atoms with Gasteiger partial charge in [-0.1, -0.05) is 36.4 Å². The van der Waals surface area contributed by atoms with Crippen molar-refractivity contribution in [2.45, 2.75) is 18.9 Å². The molecule has 2 amide bonds. The Hall–Kier alpha value is -3.21. The second kappa shape index (κ2) is 7.58. The lowest BCUT2D eigenvalue weighted by atomic mass is 10.0. The van der Waals surface area contributed by atoms with Crippen molar-refractivity contribution in [3.8, 4) is 0 Å². The first-order chi connectivity index (χ1) is 13.2. The molecule has 1 saturated heterocycles. The van der Waals surface area contributed by atoms with Gasteiger partial charge in [0.2, 0.25) is 0 Å². The Morgan fingerprint density at radius 3 is 2.52 bits per heavy atom. The van der Waals surface area contributed by atoms with Crippen LogP contribution in [-0.4, -0.2) is 40.8 Å². The number of fused-ring (bicyclic) bond motifs is 1. The van der Waals surface area contributed by atoms with Gasteiger partial charge in [0.15, 0.2) is 0 Å². The Morgan fingerprint density at radius 1 is 0.963 bits per heavy atom. The summed E-state index contributed by atoms with van der Waals surface area (Å²) >= 11 is 0. The van der Waals surface area contributed by atoms with E-state index >= 15 is 0 Å². The molecule has 0 spiro atoms. The highest BCUT2D eigenvalue weighted by Crippen LogP contribution is 2.22. The van der Waals surface area contributed by atoms with Gasteiger partial charge in [-0.05, 0) is 41.8 Å². The van der Waals surface area contributed by atoms with E-state index in [0.717, 1.165) is 29.2 Å². The van der Waals surface area contributed by atoms with Gasteiger partial charge < -0.3 is 10.2 Å². The van der Waals surface area contributed by atoms with Crippen molar-refractivity contribution in [1.82, 2.24) is 15.2 Å². The summed E-state index contributed by atoms with van der Waals surface area (Å²) in [4.78, 5) is 31.1. The third-order valence-electron chi connectivity index (χ3n) is 5.06. The number of rotatable bonds is 3. The summed E-state index contributed by atoms with van der Waals surface area (Å²) in [6.07, 6.45) is 4.72. The summed E-state index contributed by atoms with van der Waals surface area (Å²) in [5.74, 6) is -0.0502. The average Bonchev–Trinajstić information content (AvgIpc) is 2.74. The number of likely N-dealkylation sites (tertiary alicyclic amines) is 1. The number of pyridine rings is 1. The van der Waals surface area contributed by atoms with Crippen LogP contribution in [0.4, 0.5) is 0 Å². The SMILES string of the molecule is O=C(NC1CCN(C(=O)c2cccc3ccccc23)CC1)c1cccnc1. The van der Waals surface area contributed by atoms with E-state index in [1.807, 2.05) is 47.4 Å². The van der Waals surface area contributed by atoms with Crippen LogP contribution in [0.5, 0.6) is 0 Å². The van der Waals surface area contributed by atoms with E-state index in [0.29, 0.717) is 18.7 Å². The maximum absolute atomic E-state index is 13.0. The molecule has 1 aromatic heterocycles. The summed E-state index contributed by atoms with van der Waals surface area (Å²) in [5, 5.41) is 5.10. The molecule has 2 aromatic carbocycles. The fourth-order valence-electron chi connectivity index (χ4n) is 3.57. The topological polar surface area (TPSA) is 62.3 Å². The molecule has 0 aliphatic carbocycles. The number of nitrogens with one attached hydrogen (secondary N) is 1. The van der Waals surface area contributed by atoms with E-state index in [1.165, 1.54) is 0 Å². The van der Waals surface area contributed by atoms with Crippen molar-refractivity contribution in [3.63, 3.8) is 0 Å². The van der Waals surface area contributed by atoms with Crippen LogP contribution < -0.4 is 5.32 Å². The van der Waals surface area contributed by atoms with E-state index in [4.69, 9.17) is 0 Å². The Morgan fingerprint density at radius 2 is 1.74 bits per heavy atom. The largest absolute Gasteiger partial charge is 0.349 e. The Kier molecular flexibility index (Phi) is 4.83. The number of hydrogen-bond donors (Lipinski definition) is 1. The van der Waals surface area contributed by atoms with Crippen LogP contribution in [0, 0.1) is 0 Å². The number of amides is 2. The maximum Gasteiger partial charge on any atom is 0.254 e. The molecule has 0 bridgehead atoms. The Labute approximate surface area is 158 Å². The van der Waals surface area contributed by atoms with Gasteiger partial charge in [0.05, 0.1) is 5.56 Å². The first-order valence-corrected chi connectivity index (χ1v) is 9.20. The molecule has 0 saturated carbocycles. The number of carbonyl (C=O) groups is 2. The molecule has 5 heteroatoms. The van der Waals surface area contributed by atoms with E-state index in [9.17, 15) is 9.59 Å². The number of carbonyl (C=O) groups excluding carboxylic acids is 2. The van der Waals surface area contributed by atoms with Crippen molar-refractivity contribution in [2.24, 2.45) is 0 Å². The van der Waals surface area contributed by atoms with Gasteiger partial charge in [-0.2, -0.15) is 0 Å². The lowest BCUT2D eigenvalue weighted by Gasteiger charge is -2.32. The van der Waals surface area contributed by atoms with Crippen molar-refractivity contribution in [2.75, 3.05) is 13.1 Å². The molecule has 4 rings (SSSR count). The van der Waals surface area contributed by atoms with E-state index in [-0.39, 0.29) is 17.9 Å². The van der Waals surface area contributed by atoms with Crippen LogP contribution in [0.1, 0.15) is 33.6 Å². The maximum atomic E-state index is 13.0. The molecule has 27 heavy (non-hydrogen) atoms. The molecule has 136 valence electrons. The zero-order chi connectivity index (χ0) is 18.6. The number of hydrogen-bond acceptors (Lipinski definition) is 3. The van der Waals surface area contributed by atoms with E-state index in [2.05, 4.69) is 10.3 Å². The normalized spacial score (nSPS) is 14.9. The van der Waals surface area contributed by atoms with Gasteiger partial charge in [0.1, 0.15) is 0 Å². The fourth-order valence-corrected chi connectivity index (χ4v) is 3.57. The Bertz CT molecular complexity index is 958. The van der Waals surface area contributed by atoms with Crippen LogP contribution in [0.15, 0.2) is 67.0 Å². The van der Waals surface area contributed by atoms with Crippen LogP contribution in [0.2, 0.25) is 0 Å². The van der Waals surface area contributed by atoms with Gasteiger partial charge >= 0.3 is 0 Å². The second-order valence-electron chi connectivity index (χ2n) is 6.81. The molecule has 3 aromatic rings. The van der Waals surface area contributed by atoms with E-state index in [1.54, 1.807) is 24.5 Å². The molecular weight excluding hydrogens is 338 g/mol. The molecule has 2 heterocycles. The van der Waals surface area contributed by atoms with Crippen molar-refractivity contribution < 1.29 is 9.59 Å². The fraction of sp³-hybridized carbons (Fsp3) is 0.227. The summed E-state index contributed by atoms with van der Waals surface area (Å²) in [6, 6.07) is 17.4. The minimum atomic E-state index is -0.109. The van der Waals surface area contributed by atoms with Crippen LogP contribution in [0.3, 0.4) is 0 Å². The van der Waals surface area contributed by atoms with Crippen molar-refractivity contribution >= 4 is 22.6 Å². The highest BCUT2D eigenvalue weighted by Gasteiger charge is 2.25. The van der Waals surface area contributed by atoms with E-state index < -0.39 is 0 Å². The standard InChI is InChI=1S/C22H21N3O2/c26-21(17-7-4-12-23-15-17)24-18-10-13-25(14-11-18)22(27)20-9-3-6-16-5-1-2-8-19(16)20/h1-9,12,15,18H,10-11,13-14H2,(H,24,26). The lowest BCUT2D eigenvalue weighted by Crippen LogP contribution is -2.46. The quantitative estimate of drug-likeness (QED) is 0.781. The molecule has 0 atom stereocenters. The van der Waals surface area contributed by atoms with Crippen LogP contribution in [0.25, 0.3) is 10.8 Å². The van der Waals surface area contributed by atoms with Crippen molar-refractivity contribution in [3.05, 3.63) is 78.1 Å². The van der Waals surface area contributed by atoms with Gasteiger partial charge in [-0.25, -0.2) is 0 Å². The smallest absolute Gasteiger partial charge is 0.254 e. The number of aromatic nitrogens is 1. The number of nitrogens with zero attached hydrogens (tertiary/aromatic N) is 2. The molecule has 1 aliphatic rings. The van der Waals surface area contributed by atoms with Crippen molar-refractivity contribution in [1.29, 1.82) is 0 Å². The predicted molar refractivity (Wildman–Crippen MR) is 105 cm³/mol. The molecular formula is C22H21N3O2. The minimum Gasteiger partial charge on any atom is -0.349 e. The highest BCUT2D eigenvalue weighted by atomic mass is 16.2. The zero-order valence-electron chi connectivity index (χ0n) is 15.0. The van der Waals surface area contributed by atoms with Gasteiger partial charge in [0, 0.05) is 37.1 Å². The van der Waals surface area contributed by atoms with Crippen LogP contribution in [-0.2, 0) is 0 Å². The predicted octanol–water partition coefficient (Wildman–Crippen LogP) is 3.27. The summed E-state index contributed by atoms with van der Waals surface area (Å²) < 4.78 is 0. The van der Waals surface area contributed by atoms with Crippen LogP contribution >= 0.6 is 0 Å². The van der Waals surface area contributed by atoms with Gasteiger partial charge in [-0.15, -0.1) is 0 Å². The molecule has 0 unspecified atom stereocenters. The average molecular weight is 359 g/mol. The molecule has 5 nitrogen and oxygen atoms in total. The number of piperidine rings is 1. The third-order valence-corrected chi connectivity index (χ3v) is 5.06. The lowest BCUT2D eigenvalue weighted by molar-refractivity contribution is 0.0700. The van der Waals surface area contributed by atoms with Gasteiger partial charge in [0.25, 0.3) is 11.8 Å². The third kappa shape index (κ3) is 3.67. The molecule has 1 fully saturated rings. The minimum absolute atomic E-state index is 0.0591. The Balaban J connectivity index is 1.40. The summed E-state index contributed by atoms with van der Waals surface area (Å²) in [6.45, 7) is 1.28. The second-order valence-corrected chi connectivity index (χ2v) is 6.81. The molecule has 0 radical (unpaired) electrons. The highest BCUT2D eigenvalue weighted by molar-refractivity contribution is 6.07. The first-order valence-electron chi connectivity index (χ1n) is 9.20. The zero-order valence-corrected chi connectivity index (χ0v) is 15.0. The molecule has 1 N–H and O–H groups in total. The summed E-state index contributed by atoms with van der Waals surface area (Å²) in [7, 11) is 0. The monoisotopic (exact) mass is 359 g/mol. The van der Waals surface area contributed by atoms with Gasteiger partial charge in [-0.3, -0.25) is 14.6 Å². The first kappa shape index (κ1) is 17.2.